The van der Waals surface area contributed by atoms with Crippen molar-refractivity contribution in [2.75, 3.05) is 13.7 Å². The lowest BCUT2D eigenvalue weighted by atomic mass is 10.1. The molecule has 20 heavy (non-hydrogen) atoms. The summed E-state index contributed by atoms with van der Waals surface area (Å²) < 4.78 is 30.5. The van der Waals surface area contributed by atoms with Crippen LogP contribution in [0.5, 0.6) is 0 Å². The molecule has 0 atom stereocenters. The first-order chi connectivity index (χ1) is 9.27. The molecule has 1 rings (SSSR count). The van der Waals surface area contributed by atoms with Gasteiger partial charge in [0.25, 0.3) is 0 Å². The fourth-order valence-corrected chi connectivity index (χ4v) is 2.53. The van der Waals surface area contributed by atoms with Crippen molar-refractivity contribution in [1.29, 1.82) is 0 Å². The third-order valence-corrected chi connectivity index (χ3v) is 4.06. The minimum Gasteiger partial charge on any atom is -0.478 e. The van der Waals surface area contributed by atoms with Crippen molar-refractivity contribution in [3.05, 3.63) is 29.3 Å². The van der Waals surface area contributed by atoms with Crippen molar-refractivity contribution in [1.82, 2.24) is 4.72 Å². The first-order valence-electron chi connectivity index (χ1n) is 5.68. The summed E-state index contributed by atoms with van der Waals surface area (Å²) in [7, 11) is -2.65. The van der Waals surface area contributed by atoms with Crippen LogP contribution in [0.1, 0.15) is 22.3 Å². The lowest BCUT2D eigenvalue weighted by Crippen LogP contribution is -2.26. The van der Waals surface area contributed by atoms with E-state index < -0.39 is 22.0 Å². The normalized spacial score (nSPS) is 11.1. The van der Waals surface area contributed by atoms with E-state index in [4.69, 9.17) is 5.11 Å². The Morgan fingerprint density at radius 1 is 1.35 bits per heavy atom. The molecule has 0 bridgehead atoms. The zero-order valence-electron chi connectivity index (χ0n) is 11.0. The number of ether oxygens (including phenoxy) is 1. The predicted octanol–water partition coefficient (Wildman–Crippen LogP) is 0.535. The number of esters is 1. The topological polar surface area (TPSA) is 110 Å². The van der Waals surface area contributed by atoms with Crippen molar-refractivity contribution in [3.8, 4) is 0 Å². The minimum atomic E-state index is -3.86. The third kappa shape index (κ3) is 4.04. The SMILES string of the molecule is COC(=O)CCNS(=O)(=O)c1ccc(C)c(C(=O)O)c1. The molecule has 0 saturated heterocycles. The molecular weight excluding hydrogens is 286 g/mol. The second-order valence-corrected chi connectivity index (χ2v) is 5.77. The Hall–Kier alpha value is -1.93. The zero-order chi connectivity index (χ0) is 15.3. The molecule has 0 aromatic heterocycles. The molecule has 1 aromatic carbocycles. The molecule has 0 aliphatic rings. The first kappa shape index (κ1) is 16.1. The van der Waals surface area contributed by atoms with Gasteiger partial charge in [-0.3, -0.25) is 4.79 Å². The van der Waals surface area contributed by atoms with Crippen molar-refractivity contribution in [2.24, 2.45) is 0 Å². The molecule has 110 valence electrons. The van der Waals surface area contributed by atoms with Crippen LogP contribution in [-0.4, -0.2) is 39.1 Å². The van der Waals surface area contributed by atoms with Gasteiger partial charge in [-0.05, 0) is 24.6 Å². The third-order valence-electron chi connectivity index (χ3n) is 2.60. The van der Waals surface area contributed by atoms with Crippen LogP contribution in [0.2, 0.25) is 0 Å². The van der Waals surface area contributed by atoms with Crippen LogP contribution >= 0.6 is 0 Å². The summed E-state index contributed by atoms with van der Waals surface area (Å²) in [6, 6.07) is 3.80. The number of hydrogen-bond donors (Lipinski definition) is 2. The molecule has 0 spiro atoms. The van der Waals surface area contributed by atoms with Gasteiger partial charge < -0.3 is 9.84 Å². The van der Waals surface area contributed by atoms with Crippen LogP contribution in [0.4, 0.5) is 0 Å². The molecule has 8 heteroatoms. The molecule has 0 saturated carbocycles. The summed E-state index contributed by atoms with van der Waals surface area (Å²) >= 11 is 0. The highest BCUT2D eigenvalue weighted by molar-refractivity contribution is 7.89. The molecule has 1 aromatic rings. The van der Waals surface area contributed by atoms with E-state index in [0.29, 0.717) is 5.56 Å². The number of nitrogens with one attached hydrogen (secondary N) is 1. The number of carboxylic acid groups (broad SMARTS) is 1. The number of sulfonamides is 1. The molecule has 0 amide bonds. The van der Waals surface area contributed by atoms with Crippen molar-refractivity contribution < 1.29 is 27.9 Å². The second-order valence-electron chi connectivity index (χ2n) is 4.01. The van der Waals surface area contributed by atoms with Gasteiger partial charge >= 0.3 is 11.9 Å². The van der Waals surface area contributed by atoms with Gasteiger partial charge in [0.15, 0.2) is 0 Å². The molecule has 0 radical (unpaired) electrons. The number of carbonyl (C=O) groups is 2. The molecule has 0 aliphatic carbocycles. The van der Waals surface area contributed by atoms with Gasteiger partial charge in [-0.25, -0.2) is 17.9 Å². The average Bonchev–Trinajstić information content (AvgIpc) is 2.38. The summed E-state index contributed by atoms with van der Waals surface area (Å²) in [4.78, 5) is 21.7. The van der Waals surface area contributed by atoms with Crippen molar-refractivity contribution in [2.45, 2.75) is 18.2 Å². The highest BCUT2D eigenvalue weighted by Crippen LogP contribution is 2.15. The number of benzene rings is 1. The number of aromatic carboxylic acids is 1. The van der Waals surface area contributed by atoms with Crippen molar-refractivity contribution >= 4 is 22.0 Å². The minimum absolute atomic E-state index is 0.0826. The van der Waals surface area contributed by atoms with E-state index in [9.17, 15) is 18.0 Å². The van der Waals surface area contributed by atoms with Crippen LogP contribution in [0.25, 0.3) is 0 Å². The number of aryl methyl sites for hydroxylation is 1. The van der Waals surface area contributed by atoms with Gasteiger partial charge in [0, 0.05) is 6.54 Å². The maximum absolute atomic E-state index is 11.9. The van der Waals surface area contributed by atoms with E-state index >= 15 is 0 Å². The molecule has 0 aliphatic heterocycles. The molecule has 2 N–H and O–H groups in total. The monoisotopic (exact) mass is 301 g/mol. The summed E-state index contributed by atoms with van der Waals surface area (Å²) in [6.45, 7) is 1.45. The Morgan fingerprint density at radius 2 is 2.00 bits per heavy atom. The number of carboxylic acids is 1. The highest BCUT2D eigenvalue weighted by Gasteiger charge is 2.17. The predicted molar refractivity (Wildman–Crippen MR) is 70.0 cm³/mol. The Morgan fingerprint density at radius 3 is 2.55 bits per heavy atom. The van der Waals surface area contributed by atoms with E-state index in [2.05, 4.69) is 9.46 Å². The highest BCUT2D eigenvalue weighted by atomic mass is 32.2. The van der Waals surface area contributed by atoms with Gasteiger partial charge in [-0.15, -0.1) is 0 Å². The van der Waals surface area contributed by atoms with Gasteiger partial charge in [0.1, 0.15) is 0 Å². The zero-order valence-corrected chi connectivity index (χ0v) is 11.9. The molecule has 0 unspecified atom stereocenters. The fraction of sp³-hybridized carbons (Fsp3) is 0.333. The van der Waals surface area contributed by atoms with Gasteiger partial charge in [-0.1, -0.05) is 6.07 Å². The van der Waals surface area contributed by atoms with Crippen LogP contribution in [0.15, 0.2) is 23.1 Å². The van der Waals surface area contributed by atoms with Gasteiger partial charge in [0.2, 0.25) is 10.0 Å². The van der Waals surface area contributed by atoms with Crippen LogP contribution in [0, 0.1) is 6.92 Å². The maximum atomic E-state index is 11.9. The van der Waals surface area contributed by atoms with E-state index in [0.717, 1.165) is 6.07 Å². The molecule has 0 fully saturated rings. The number of carbonyl (C=O) groups excluding carboxylic acids is 1. The lowest BCUT2D eigenvalue weighted by Gasteiger charge is -2.08. The number of methoxy groups -OCH3 is 1. The maximum Gasteiger partial charge on any atom is 0.335 e. The summed E-state index contributed by atoms with van der Waals surface area (Å²) in [5.41, 5.74) is 0.381. The molecular formula is C12H15NO6S. The molecule has 7 nitrogen and oxygen atoms in total. The Balaban J connectivity index is 2.90. The smallest absolute Gasteiger partial charge is 0.335 e. The Labute approximate surface area is 116 Å². The van der Waals surface area contributed by atoms with Crippen LogP contribution < -0.4 is 4.72 Å². The van der Waals surface area contributed by atoms with E-state index in [1.54, 1.807) is 6.92 Å². The Bertz CT molecular complexity index is 623. The summed E-state index contributed by atoms with van der Waals surface area (Å²) in [6.07, 6.45) is -0.104. The van der Waals surface area contributed by atoms with Crippen LogP contribution in [-0.2, 0) is 19.6 Å². The van der Waals surface area contributed by atoms with E-state index in [-0.39, 0.29) is 23.4 Å². The lowest BCUT2D eigenvalue weighted by molar-refractivity contribution is -0.140. The van der Waals surface area contributed by atoms with E-state index in [1.165, 1.54) is 19.2 Å². The van der Waals surface area contributed by atoms with Crippen LogP contribution in [0.3, 0.4) is 0 Å². The van der Waals surface area contributed by atoms with Gasteiger partial charge in [0.05, 0.1) is 24.0 Å². The Kier molecular flexibility index (Phi) is 5.23. The van der Waals surface area contributed by atoms with Gasteiger partial charge in [-0.2, -0.15) is 0 Å². The molecule has 0 heterocycles. The summed E-state index contributed by atoms with van der Waals surface area (Å²) in [5.74, 6) is -1.74. The van der Waals surface area contributed by atoms with E-state index in [1.807, 2.05) is 0 Å². The largest absolute Gasteiger partial charge is 0.478 e. The first-order valence-corrected chi connectivity index (χ1v) is 7.16. The fourth-order valence-electron chi connectivity index (χ4n) is 1.47. The average molecular weight is 301 g/mol. The quantitative estimate of drug-likeness (QED) is 0.742. The van der Waals surface area contributed by atoms with Crippen molar-refractivity contribution in [3.63, 3.8) is 0 Å². The number of rotatable bonds is 6. The number of hydrogen-bond acceptors (Lipinski definition) is 5. The standard InChI is InChI=1S/C12H15NO6S/c1-8-3-4-9(7-10(8)12(15)16)20(17,18)13-6-5-11(14)19-2/h3-4,7,13H,5-6H2,1-2H3,(H,15,16). The second kappa shape index (κ2) is 6.49. The summed E-state index contributed by atoms with van der Waals surface area (Å²) in [5, 5.41) is 8.96.